The van der Waals surface area contributed by atoms with Crippen molar-refractivity contribution in [3.05, 3.63) is 70.4 Å². The van der Waals surface area contributed by atoms with Crippen LogP contribution in [0, 0.1) is 17.1 Å². The second-order valence-corrected chi connectivity index (χ2v) is 4.34. The Morgan fingerprint density at radius 2 is 1.65 bits per heavy atom. The first-order valence-electron chi connectivity index (χ1n) is 6.02. The van der Waals surface area contributed by atoms with Crippen LogP contribution in [0.5, 0.6) is 0 Å². The molecular weight excluding hydrogens is 255 g/mol. The number of nitrogens with zero attached hydrogens (tertiary/aromatic N) is 1. The van der Waals surface area contributed by atoms with E-state index in [1.165, 1.54) is 6.07 Å². The fourth-order valence-electron chi connectivity index (χ4n) is 2.30. The number of nitrogens with one attached hydrogen (secondary N) is 1. The first-order valence-corrected chi connectivity index (χ1v) is 6.02. The number of hydrogen-bond acceptors (Lipinski definition) is 2. The zero-order valence-corrected chi connectivity index (χ0v) is 10.4. The maximum absolute atomic E-state index is 14.0. The van der Waals surface area contributed by atoms with Crippen molar-refractivity contribution < 1.29 is 4.39 Å². The van der Waals surface area contributed by atoms with Crippen LogP contribution in [0.1, 0.15) is 5.69 Å². The molecule has 0 atom stereocenters. The fraction of sp³-hybridized carbons (Fsp3) is 0. The maximum Gasteiger partial charge on any atom is 0.256 e. The second kappa shape index (κ2) is 4.63. The van der Waals surface area contributed by atoms with Crippen LogP contribution in [-0.4, -0.2) is 4.98 Å². The molecule has 0 spiro atoms. The smallest absolute Gasteiger partial charge is 0.256 e. The minimum atomic E-state index is -0.429. The lowest BCUT2D eigenvalue weighted by molar-refractivity contribution is 0.631. The van der Waals surface area contributed by atoms with E-state index in [0.29, 0.717) is 21.9 Å². The summed E-state index contributed by atoms with van der Waals surface area (Å²) in [5.41, 5.74) is 0.438. The van der Waals surface area contributed by atoms with Gasteiger partial charge in [-0.05, 0) is 17.5 Å². The Bertz CT molecular complexity index is 906. The number of nitriles is 1. The number of aromatic amines is 1. The monoisotopic (exact) mass is 264 g/mol. The first kappa shape index (κ1) is 12.1. The SMILES string of the molecule is N#Cc1[nH]c(=O)c2ccccc2c1-c1ccccc1F. The first-order chi connectivity index (χ1) is 9.72. The maximum atomic E-state index is 14.0. The summed E-state index contributed by atoms with van der Waals surface area (Å²) < 4.78 is 14.0. The molecule has 0 unspecified atom stereocenters. The van der Waals surface area contributed by atoms with Crippen LogP contribution in [0.2, 0.25) is 0 Å². The molecule has 1 aromatic heterocycles. The van der Waals surface area contributed by atoms with E-state index in [0.717, 1.165) is 0 Å². The highest BCUT2D eigenvalue weighted by atomic mass is 19.1. The van der Waals surface area contributed by atoms with Gasteiger partial charge in [0.2, 0.25) is 0 Å². The Kier molecular flexibility index (Phi) is 2.81. The predicted molar refractivity (Wildman–Crippen MR) is 74.7 cm³/mol. The molecule has 0 aliphatic rings. The summed E-state index contributed by atoms with van der Waals surface area (Å²) in [6, 6.07) is 15.0. The summed E-state index contributed by atoms with van der Waals surface area (Å²) in [7, 11) is 0. The van der Waals surface area contributed by atoms with Gasteiger partial charge in [-0.25, -0.2) is 4.39 Å². The zero-order valence-electron chi connectivity index (χ0n) is 10.4. The number of fused-ring (bicyclic) bond motifs is 1. The molecule has 0 saturated carbocycles. The summed E-state index contributed by atoms with van der Waals surface area (Å²) in [5, 5.41) is 10.2. The molecule has 0 amide bonds. The molecular formula is C16H9FN2O. The lowest BCUT2D eigenvalue weighted by Gasteiger charge is -2.09. The molecule has 1 N–H and O–H groups in total. The predicted octanol–water partition coefficient (Wildman–Crippen LogP) is 3.21. The molecule has 3 nitrogen and oxygen atoms in total. The highest BCUT2D eigenvalue weighted by molar-refractivity contribution is 5.98. The lowest BCUT2D eigenvalue weighted by Crippen LogP contribution is -2.10. The van der Waals surface area contributed by atoms with E-state index in [1.54, 1.807) is 42.5 Å². The third-order valence-electron chi connectivity index (χ3n) is 3.18. The molecule has 0 bridgehead atoms. The van der Waals surface area contributed by atoms with Crippen molar-refractivity contribution in [3.63, 3.8) is 0 Å². The van der Waals surface area contributed by atoms with Crippen LogP contribution in [0.25, 0.3) is 21.9 Å². The van der Waals surface area contributed by atoms with Crippen molar-refractivity contribution in [1.82, 2.24) is 4.98 Å². The largest absolute Gasteiger partial charge is 0.313 e. The molecule has 3 aromatic rings. The number of H-pyrrole nitrogens is 1. The molecule has 2 aromatic carbocycles. The average Bonchev–Trinajstić information content (AvgIpc) is 2.48. The molecule has 0 radical (unpaired) electrons. The molecule has 0 aliphatic carbocycles. The van der Waals surface area contributed by atoms with Crippen LogP contribution in [-0.2, 0) is 0 Å². The van der Waals surface area contributed by atoms with Gasteiger partial charge in [0.15, 0.2) is 0 Å². The minimum Gasteiger partial charge on any atom is -0.313 e. The normalized spacial score (nSPS) is 10.4. The number of rotatable bonds is 1. The standard InChI is InChI=1S/C16H9FN2O/c17-13-8-4-3-7-12(13)15-10-5-1-2-6-11(10)16(20)19-14(15)9-18/h1-8H,(H,19,20). The van der Waals surface area contributed by atoms with Crippen LogP contribution in [0.4, 0.5) is 4.39 Å². The molecule has 0 fully saturated rings. The second-order valence-electron chi connectivity index (χ2n) is 4.34. The molecule has 96 valence electrons. The van der Waals surface area contributed by atoms with E-state index in [-0.39, 0.29) is 11.3 Å². The van der Waals surface area contributed by atoms with E-state index in [2.05, 4.69) is 4.98 Å². The van der Waals surface area contributed by atoms with Crippen molar-refractivity contribution >= 4 is 10.8 Å². The van der Waals surface area contributed by atoms with Gasteiger partial charge in [0.25, 0.3) is 5.56 Å². The third kappa shape index (κ3) is 1.77. The van der Waals surface area contributed by atoms with Crippen molar-refractivity contribution in [2.45, 2.75) is 0 Å². The number of benzene rings is 2. The Hall–Kier alpha value is -2.93. The van der Waals surface area contributed by atoms with Crippen molar-refractivity contribution in [1.29, 1.82) is 5.26 Å². The number of pyridine rings is 1. The highest BCUT2D eigenvalue weighted by Gasteiger charge is 2.15. The minimum absolute atomic E-state index is 0.0683. The van der Waals surface area contributed by atoms with E-state index < -0.39 is 5.82 Å². The van der Waals surface area contributed by atoms with Gasteiger partial charge >= 0.3 is 0 Å². The van der Waals surface area contributed by atoms with Crippen LogP contribution in [0.15, 0.2) is 53.3 Å². The quantitative estimate of drug-likeness (QED) is 0.733. The van der Waals surface area contributed by atoms with Gasteiger partial charge < -0.3 is 4.98 Å². The van der Waals surface area contributed by atoms with Crippen molar-refractivity contribution in [2.24, 2.45) is 0 Å². The van der Waals surface area contributed by atoms with Gasteiger partial charge in [-0.15, -0.1) is 0 Å². The Morgan fingerprint density at radius 3 is 2.35 bits per heavy atom. The average molecular weight is 264 g/mol. The van der Waals surface area contributed by atoms with E-state index in [4.69, 9.17) is 0 Å². The number of aromatic nitrogens is 1. The van der Waals surface area contributed by atoms with E-state index in [9.17, 15) is 14.4 Å². The van der Waals surface area contributed by atoms with Crippen LogP contribution >= 0.6 is 0 Å². The zero-order chi connectivity index (χ0) is 14.1. The lowest BCUT2D eigenvalue weighted by atomic mass is 9.97. The summed E-state index contributed by atoms with van der Waals surface area (Å²) in [6.45, 7) is 0. The molecule has 0 aliphatic heterocycles. The van der Waals surface area contributed by atoms with Gasteiger partial charge in [-0.1, -0.05) is 36.4 Å². The van der Waals surface area contributed by atoms with Gasteiger partial charge in [-0.3, -0.25) is 4.79 Å². The van der Waals surface area contributed by atoms with E-state index in [1.807, 2.05) is 6.07 Å². The summed E-state index contributed by atoms with van der Waals surface area (Å²) in [4.78, 5) is 14.4. The molecule has 20 heavy (non-hydrogen) atoms. The third-order valence-corrected chi connectivity index (χ3v) is 3.18. The molecule has 1 heterocycles. The molecule has 4 heteroatoms. The summed E-state index contributed by atoms with van der Waals surface area (Å²) >= 11 is 0. The van der Waals surface area contributed by atoms with E-state index >= 15 is 0 Å². The van der Waals surface area contributed by atoms with Crippen LogP contribution in [0.3, 0.4) is 0 Å². The van der Waals surface area contributed by atoms with Crippen molar-refractivity contribution in [3.8, 4) is 17.2 Å². The molecule has 0 saturated heterocycles. The Balaban J connectivity index is 2.53. The van der Waals surface area contributed by atoms with Gasteiger partial charge in [0, 0.05) is 16.5 Å². The van der Waals surface area contributed by atoms with Gasteiger partial charge in [-0.2, -0.15) is 5.26 Å². The summed E-state index contributed by atoms with van der Waals surface area (Å²) in [5.74, 6) is -0.429. The Labute approximate surface area is 113 Å². The number of halogens is 1. The molecule has 3 rings (SSSR count). The number of hydrogen-bond donors (Lipinski definition) is 1. The fourth-order valence-corrected chi connectivity index (χ4v) is 2.30. The Morgan fingerprint density at radius 1 is 1.00 bits per heavy atom. The summed E-state index contributed by atoms with van der Waals surface area (Å²) in [6.07, 6.45) is 0. The highest BCUT2D eigenvalue weighted by Crippen LogP contribution is 2.30. The topological polar surface area (TPSA) is 56.6 Å². The van der Waals surface area contributed by atoms with Crippen molar-refractivity contribution in [2.75, 3.05) is 0 Å². The van der Waals surface area contributed by atoms with Gasteiger partial charge in [0.05, 0.1) is 0 Å². The van der Waals surface area contributed by atoms with Crippen LogP contribution < -0.4 is 5.56 Å². The van der Waals surface area contributed by atoms with Gasteiger partial charge in [0.1, 0.15) is 17.6 Å².